The largest absolute Gasteiger partial charge is 0.374 e. The molecule has 0 bridgehead atoms. The Morgan fingerprint density at radius 1 is 1.47 bits per heavy atom. The number of carbonyl (C=O) groups excluding carboxylic acids is 2. The molecule has 30 heavy (non-hydrogen) atoms. The third-order valence-electron chi connectivity index (χ3n) is 4.35. The fourth-order valence-corrected chi connectivity index (χ4v) is 4.76. The van der Waals surface area contributed by atoms with Crippen molar-refractivity contribution in [2.24, 2.45) is 5.73 Å². The minimum Gasteiger partial charge on any atom is -0.374 e. The zero-order valence-corrected chi connectivity index (χ0v) is 18.5. The van der Waals surface area contributed by atoms with Gasteiger partial charge in [0, 0.05) is 31.6 Å². The van der Waals surface area contributed by atoms with E-state index in [9.17, 15) is 14.0 Å². The van der Waals surface area contributed by atoms with E-state index in [4.69, 9.17) is 22.1 Å². The highest BCUT2D eigenvalue weighted by atomic mass is 35.5. The summed E-state index contributed by atoms with van der Waals surface area (Å²) in [5, 5.41) is 4.75. The van der Waals surface area contributed by atoms with Gasteiger partial charge in [-0.15, -0.1) is 11.3 Å². The van der Waals surface area contributed by atoms with E-state index in [0.29, 0.717) is 31.9 Å². The number of carbonyl (C=O) groups is 2. The predicted molar refractivity (Wildman–Crippen MR) is 115 cm³/mol. The predicted octanol–water partition coefficient (Wildman–Crippen LogP) is 2.07. The number of aromatic nitrogens is 1. The first kappa shape index (κ1) is 23.0. The fraction of sp³-hybridized carbons (Fsp3) is 0.421. The zero-order chi connectivity index (χ0) is 21.5. The third-order valence-corrected chi connectivity index (χ3v) is 6.73. The van der Waals surface area contributed by atoms with E-state index in [2.05, 4.69) is 15.2 Å². The topological polar surface area (TPSA) is 97.5 Å². The van der Waals surface area contributed by atoms with Gasteiger partial charge in [0.15, 0.2) is 4.34 Å². The molecule has 1 aromatic heterocycles. The number of hydrogen-bond acceptors (Lipinski definition) is 7. The molecule has 1 atom stereocenters. The van der Waals surface area contributed by atoms with Crippen LogP contribution in [0.2, 0.25) is 5.02 Å². The monoisotopic (exact) mass is 472 g/mol. The van der Waals surface area contributed by atoms with Gasteiger partial charge in [0.05, 0.1) is 35.6 Å². The first-order chi connectivity index (χ1) is 14.4. The van der Waals surface area contributed by atoms with Gasteiger partial charge in [0.1, 0.15) is 5.82 Å². The minimum atomic E-state index is -0.433. The lowest BCUT2D eigenvalue weighted by Gasteiger charge is -2.33. The summed E-state index contributed by atoms with van der Waals surface area (Å²) >= 11 is 8.42. The quantitative estimate of drug-likeness (QED) is 0.542. The highest BCUT2D eigenvalue weighted by Crippen LogP contribution is 2.22. The standard InChI is InChI=1S/C19H22ClFN4O3S2/c20-15-2-1-12(5-16(15)21)8-25-3-4-28-14(9-25)7-23-18(27)11-30-19-24-13(10-29-19)6-17(22)26/h1-2,5,10,14H,3-4,6-9,11H2,(H2,22,26)(H,23,27). The lowest BCUT2D eigenvalue weighted by molar-refractivity contribution is -0.120. The maximum absolute atomic E-state index is 13.6. The Morgan fingerprint density at radius 3 is 3.07 bits per heavy atom. The molecule has 1 fully saturated rings. The number of primary amides is 1. The number of halogens is 2. The highest BCUT2D eigenvalue weighted by molar-refractivity contribution is 8.01. The molecule has 1 aromatic carbocycles. The van der Waals surface area contributed by atoms with Crippen molar-refractivity contribution in [3.63, 3.8) is 0 Å². The molecule has 0 spiro atoms. The van der Waals surface area contributed by atoms with Gasteiger partial charge in [-0.2, -0.15) is 0 Å². The zero-order valence-electron chi connectivity index (χ0n) is 16.1. The van der Waals surface area contributed by atoms with Crippen LogP contribution in [0.15, 0.2) is 27.9 Å². The SMILES string of the molecule is NC(=O)Cc1csc(SCC(=O)NCC2CN(Cc3ccc(Cl)c(F)c3)CCO2)n1. The highest BCUT2D eigenvalue weighted by Gasteiger charge is 2.21. The van der Waals surface area contributed by atoms with Gasteiger partial charge in [-0.1, -0.05) is 29.4 Å². The molecule has 7 nitrogen and oxygen atoms in total. The Labute approximate surface area is 187 Å². The van der Waals surface area contributed by atoms with Crippen molar-refractivity contribution in [3.8, 4) is 0 Å². The Bertz CT molecular complexity index is 898. The molecule has 0 saturated carbocycles. The number of amides is 2. The van der Waals surface area contributed by atoms with Gasteiger partial charge in [-0.05, 0) is 17.7 Å². The summed E-state index contributed by atoms with van der Waals surface area (Å²) in [6.45, 7) is 2.92. The van der Waals surface area contributed by atoms with Crippen LogP contribution in [0.4, 0.5) is 4.39 Å². The summed E-state index contributed by atoms with van der Waals surface area (Å²) in [5.74, 6) is -0.750. The number of nitrogens with two attached hydrogens (primary N) is 1. The Balaban J connectivity index is 1.39. The van der Waals surface area contributed by atoms with Crippen molar-refractivity contribution in [2.75, 3.05) is 32.0 Å². The van der Waals surface area contributed by atoms with Gasteiger partial charge >= 0.3 is 0 Å². The van der Waals surface area contributed by atoms with E-state index in [1.807, 2.05) is 6.07 Å². The first-order valence-electron chi connectivity index (χ1n) is 9.29. The van der Waals surface area contributed by atoms with Crippen LogP contribution in [-0.2, 0) is 27.3 Å². The van der Waals surface area contributed by atoms with Crippen LogP contribution < -0.4 is 11.1 Å². The molecule has 0 aliphatic carbocycles. The van der Waals surface area contributed by atoms with E-state index in [0.717, 1.165) is 16.4 Å². The molecule has 2 aromatic rings. The molecule has 2 amide bonds. The van der Waals surface area contributed by atoms with Gasteiger partial charge in [-0.3, -0.25) is 14.5 Å². The summed E-state index contributed by atoms with van der Waals surface area (Å²) in [5.41, 5.74) is 6.61. The molecule has 1 saturated heterocycles. The van der Waals surface area contributed by atoms with Gasteiger partial charge in [0.25, 0.3) is 0 Å². The number of rotatable bonds is 9. The van der Waals surface area contributed by atoms with Crippen LogP contribution in [0.1, 0.15) is 11.3 Å². The number of nitrogens with one attached hydrogen (secondary N) is 1. The van der Waals surface area contributed by atoms with Crippen LogP contribution in [-0.4, -0.2) is 59.8 Å². The number of benzene rings is 1. The van der Waals surface area contributed by atoms with Crippen LogP contribution >= 0.6 is 34.7 Å². The molecular weight excluding hydrogens is 451 g/mol. The minimum absolute atomic E-state index is 0.0986. The third kappa shape index (κ3) is 7.21. The number of thioether (sulfide) groups is 1. The first-order valence-corrected chi connectivity index (χ1v) is 11.5. The summed E-state index contributed by atoms with van der Waals surface area (Å²) in [6.07, 6.45) is -0.0339. The van der Waals surface area contributed by atoms with Crippen molar-refractivity contribution in [2.45, 2.75) is 23.4 Å². The fourth-order valence-electron chi connectivity index (χ4n) is 2.96. The molecule has 1 aliphatic heterocycles. The maximum atomic E-state index is 13.6. The lowest BCUT2D eigenvalue weighted by Crippen LogP contribution is -2.47. The number of hydrogen-bond donors (Lipinski definition) is 2. The molecule has 11 heteroatoms. The number of nitrogens with zero attached hydrogens (tertiary/aromatic N) is 2. The molecular formula is C19H22ClFN4O3S2. The Kier molecular flexibility index (Phi) is 8.46. The average Bonchev–Trinajstić information content (AvgIpc) is 3.14. The summed E-state index contributed by atoms with van der Waals surface area (Å²) in [6, 6.07) is 4.81. The van der Waals surface area contributed by atoms with Crippen LogP contribution in [0, 0.1) is 5.82 Å². The van der Waals surface area contributed by atoms with E-state index in [-0.39, 0.29) is 29.2 Å². The van der Waals surface area contributed by atoms with Gasteiger partial charge in [0.2, 0.25) is 11.8 Å². The lowest BCUT2D eigenvalue weighted by atomic mass is 10.2. The second-order valence-corrected chi connectivity index (χ2v) is 9.30. The maximum Gasteiger partial charge on any atom is 0.230 e. The Morgan fingerprint density at radius 2 is 2.30 bits per heavy atom. The van der Waals surface area contributed by atoms with Crippen molar-refractivity contribution in [1.29, 1.82) is 0 Å². The van der Waals surface area contributed by atoms with Crippen molar-refractivity contribution in [3.05, 3.63) is 45.7 Å². The number of thiazole rings is 1. The van der Waals surface area contributed by atoms with E-state index in [1.165, 1.54) is 29.2 Å². The van der Waals surface area contributed by atoms with Crippen molar-refractivity contribution in [1.82, 2.24) is 15.2 Å². The normalized spacial score (nSPS) is 17.1. The van der Waals surface area contributed by atoms with Crippen molar-refractivity contribution < 1.29 is 18.7 Å². The molecule has 3 rings (SSSR count). The van der Waals surface area contributed by atoms with E-state index in [1.54, 1.807) is 11.4 Å². The van der Waals surface area contributed by atoms with Crippen molar-refractivity contribution >= 4 is 46.5 Å². The molecule has 1 aliphatic rings. The van der Waals surface area contributed by atoms with Gasteiger partial charge < -0.3 is 15.8 Å². The molecule has 0 radical (unpaired) electrons. The Hall–Kier alpha value is -1.72. The van der Waals surface area contributed by atoms with E-state index < -0.39 is 11.7 Å². The summed E-state index contributed by atoms with van der Waals surface area (Å²) in [7, 11) is 0. The smallest absolute Gasteiger partial charge is 0.230 e. The second kappa shape index (κ2) is 11.1. The molecule has 3 N–H and O–H groups in total. The average molecular weight is 473 g/mol. The summed E-state index contributed by atoms with van der Waals surface area (Å²) < 4.78 is 20.1. The second-order valence-electron chi connectivity index (χ2n) is 6.82. The van der Waals surface area contributed by atoms with Crippen LogP contribution in [0.3, 0.4) is 0 Å². The van der Waals surface area contributed by atoms with E-state index >= 15 is 0 Å². The summed E-state index contributed by atoms with van der Waals surface area (Å²) in [4.78, 5) is 29.5. The molecule has 1 unspecified atom stereocenters. The van der Waals surface area contributed by atoms with Crippen LogP contribution in [0.25, 0.3) is 0 Å². The van der Waals surface area contributed by atoms with Gasteiger partial charge in [-0.25, -0.2) is 9.37 Å². The molecule has 2 heterocycles. The number of ether oxygens (including phenoxy) is 1. The number of morpholine rings is 1. The van der Waals surface area contributed by atoms with Crippen LogP contribution in [0.5, 0.6) is 0 Å². The molecule has 162 valence electrons.